The summed E-state index contributed by atoms with van der Waals surface area (Å²) in [6, 6.07) is -0.358. The molecule has 0 bridgehead atoms. The molecule has 0 aromatic carbocycles. The predicted molar refractivity (Wildman–Crippen MR) is 65.8 cm³/mol. The average molecular weight is 252 g/mol. The number of nitrogens with zero attached hydrogens (tertiary/aromatic N) is 4. The zero-order valence-electron chi connectivity index (χ0n) is 10.9. The SMILES string of the molecule is CC(O)c1cn(C(C)C(=O)N2CCCCC2)nn1. The molecule has 18 heavy (non-hydrogen) atoms. The van der Waals surface area contributed by atoms with Gasteiger partial charge in [-0.05, 0) is 33.1 Å². The standard InChI is InChI=1S/C12H20N4O2/c1-9(12(18)15-6-4-3-5-7-15)16-8-11(10(2)17)13-14-16/h8-10,17H,3-7H2,1-2H3. The van der Waals surface area contributed by atoms with Gasteiger partial charge in [-0.2, -0.15) is 0 Å². The second kappa shape index (κ2) is 5.48. The second-order valence-electron chi connectivity index (χ2n) is 4.86. The number of aromatic nitrogens is 3. The van der Waals surface area contributed by atoms with Crippen molar-refractivity contribution in [3.05, 3.63) is 11.9 Å². The van der Waals surface area contributed by atoms with E-state index in [1.165, 1.54) is 11.1 Å². The van der Waals surface area contributed by atoms with Crippen LogP contribution in [0.15, 0.2) is 6.20 Å². The number of hydrogen-bond donors (Lipinski definition) is 1. The molecule has 2 rings (SSSR count). The normalized spacial score (nSPS) is 19.6. The van der Waals surface area contributed by atoms with Crippen molar-refractivity contribution >= 4 is 5.91 Å². The highest BCUT2D eigenvalue weighted by Gasteiger charge is 2.24. The number of rotatable bonds is 3. The molecule has 1 amide bonds. The highest BCUT2D eigenvalue weighted by atomic mass is 16.3. The topological polar surface area (TPSA) is 71.2 Å². The van der Waals surface area contributed by atoms with Crippen LogP contribution in [0.2, 0.25) is 0 Å². The van der Waals surface area contributed by atoms with Crippen molar-refractivity contribution in [1.29, 1.82) is 0 Å². The van der Waals surface area contributed by atoms with Crippen LogP contribution in [0.1, 0.15) is 50.9 Å². The van der Waals surface area contributed by atoms with E-state index in [2.05, 4.69) is 10.3 Å². The molecule has 1 N–H and O–H groups in total. The first-order valence-corrected chi connectivity index (χ1v) is 6.48. The van der Waals surface area contributed by atoms with E-state index < -0.39 is 6.10 Å². The Morgan fingerprint density at radius 3 is 2.56 bits per heavy atom. The number of aliphatic hydroxyl groups is 1. The van der Waals surface area contributed by atoms with E-state index in [4.69, 9.17) is 0 Å². The highest BCUT2D eigenvalue weighted by molar-refractivity contribution is 5.80. The van der Waals surface area contributed by atoms with Gasteiger partial charge >= 0.3 is 0 Å². The van der Waals surface area contributed by atoms with Crippen LogP contribution < -0.4 is 0 Å². The summed E-state index contributed by atoms with van der Waals surface area (Å²) in [5.74, 6) is 0.0803. The molecule has 1 saturated heterocycles. The van der Waals surface area contributed by atoms with Gasteiger partial charge in [-0.1, -0.05) is 5.21 Å². The monoisotopic (exact) mass is 252 g/mol. The summed E-state index contributed by atoms with van der Waals surface area (Å²) >= 11 is 0. The quantitative estimate of drug-likeness (QED) is 0.867. The molecule has 0 saturated carbocycles. The van der Waals surface area contributed by atoms with Crippen molar-refractivity contribution in [2.45, 2.75) is 45.3 Å². The van der Waals surface area contributed by atoms with Gasteiger partial charge in [0.1, 0.15) is 11.7 Å². The van der Waals surface area contributed by atoms with Crippen molar-refractivity contribution in [3.8, 4) is 0 Å². The number of amides is 1. The van der Waals surface area contributed by atoms with E-state index >= 15 is 0 Å². The summed E-state index contributed by atoms with van der Waals surface area (Å²) in [6.07, 6.45) is 4.34. The first kappa shape index (κ1) is 13.0. The number of carbonyl (C=O) groups is 1. The Bertz CT molecular complexity index is 410. The molecule has 0 radical (unpaired) electrons. The Balaban J connectivity index is 2.04. The van der Waals surface area contributed by atoms with Crippen LogP contribution >= 0.6 is 0 Å². The van der Waals surface area contributed by atoms with Crippen molar-refractivity contribution in [2.24, 2.45) is 0 Å². The molecule has 100 valence electrons. The van der Waals surface area contributed by atoms with Crippen molar-refractivity contribution in [2.75, 3.05) is 13.1 Å². The third-order valence-corrected chi connectivity index (χ3v) is 3.38. The maximum atomic E-state index is 12.3. The minimum absolute atomic E-state index is 0.0803. The van der Waals surface area contributed by atoms with Gasteiger partial charge in [-0.3, -0.25) is 4.79 Å². The third-order valence-electron chi connectivity index (χ3n) is 3.38. The van der Waals surface area contributed by atoms with Crippen LogP contribution in [0.4, 0.5) is 0 Å². The van der Waals surface area contributed by atoms with Gasteiger partial charge in [0.05, 0.1) is 12.3 Å². The number of carbonyl (C=O) groups excluding carboxylic acids is 1. The van der Waals surface area contributed by atoms with Crippen LogP contribution in [0.25, 0.3) is 0 Å². The van der Waals surface area contributed by atoms with Gasteiger partial charge in [0.15, 0.2) is 0 Å². The first-order valence-electron chi connectivity index (χ1n) is 6.48. The van der Waals surface area contributed by atoms with Gasteiger partial charge in [0.2, 0.25) is 5.91 Å². The molecular formula is C12H20N4O2. The van der Waals surface area contributed by atoms with E-state index in [1.54, 1.807) is 13.1 Å². The van der Waals surface area contributed by atoms with Crippen molar-refractivity contribution in [1.82, 2.24) is 19.9 Å². The zero-order chi connectivity index (χ0) is 13.1. The molecule has 0 aliphatic carbocycles. The molecule has 2 atom stereocenters. The van der Waals surface area contributed by atoms with Gasteiger partial charge in [-0.25, -0.2) is 4.68 Å². The summed E-state index contributed by atoms with van der Waals surface area (Å²) in [7, 11) is 0. The molecule has 1 aliphatic rings. The lowest BCUT2D eigenvalue weighted by molar-refractivity contribution is -0.135. The average Bonchev–Trinajstić information content (AvgIpc) is 2.88. The fraction of sp³-hybridized carbons (Fsp3) is 0.750. The van der Waals surface area contributed by atoms with Crippen molar-refractivity contribution in [3.63, 3.8) is 0 Å². The Hall–Kier alpha value is -1.43. The molecule has 6 nitrogen and oxygen atoms in total. The van der Waals surface area contributed by atoms with Gasteiger partial charge in [-0.15, -0.1) is 5.10 Å². The lowest BCUT2D eigenvalue weighted by atomic mass is 10.1. The Labute approximate surface area is 107 Å². The minimum atomic E-state index is -0.656. The van der Waals surface area contributed by atoms with Crippen LogP contribution in [-0.2, 0) is 4.79 Å². The number of hydrogen-bond acceptors (Lipinski definition) is 4. The Morgan fingerprint density at radius 1 is 1.33 bits per heavy atom. The van der Waals surface area contributed by atoms with Crippen LogP contribution in [0.3, 0.4) is 0 Å². The third kappa shape index (κ3) is 2.69. The van der Waals surface area contributed by atoms with Crippen LogP contribution in [0, 0.1) is 0 Å². The summed E-state index contributed by atoms with van der Waals surface area (Å²) in [4.78, 5) is 14.1. The molecule has 2 unspecified atom stereocenters. The number of aliphatic hydroxyl groups excluding tert-OH is 1. The smallest absolute Gasteiger partial charge is 0.247 e. The molecule has 1 fully saturated rings. The number of likely N-dealkylation sites (tertiary alicyclic amines) is 1. The summed E-state index contributed by atoms with van der Waals surface area (Å²) < 4.78 is 1.53. The molecule has 6 heteroatoms. The minimum Gasteiger partial charge on any atom is -0.387 e. The Morgan fingerprint density at radius 2 is 2.00 bits per heavy atom. The predicted octanol–water partition coefficient (Wildman–Crippen LogP) is 0.905. The van der Waals surface area contributed by atoms with E-state index in [0.29, 0.717) is 5.69 Å². The molecule has 1 aromatic heterocycles. The summed E-state index contributed by atoms with van der Waals surface area (Å²) in [5.41, 5.74) is 0.494. The number of piperidine rings is 1. The highest BCUT2D eigenvalue weighted by Crippen LogP contribution is 2.16. The first-order chi connectivity index (χ1) is 8.59. The molecule has 1 aliphatic heterocycles. The van der Waals surface area contributed by atoms with Gasteiger partial charge in [0.25, 0.3) is 0 Å². The second-order valence-corrected chi connectivity index (χ2v) is 4.86. The van der Waals surface area contributed by atoms with E-state index in [9.17, 15) is 9.90 Å². The van der Waals surface area contributed by atoms with E-state index in [0.717, 1.165) is 25.9 Å². The zero-order valence-corrected chi connectivity index (χ0v) is 10.9. The van der Waals surface area contributed by atoms with Crippen LogP contribution in [-0.4, -0.2) is 44.0 Å². The fourth-order valence-corrected chi connectivity index (χ4v) is 2.16. The maximum absolute atomic E-state index is 12.3. The fourth-order valence-electron chi connectivity index (χ4n) is 2.16. The molecular weight excluding hydrogens is 232 g/mol. The molecule has 2 heterocycles. The molecule has 0 spiro atoms. The van der Waals surface area contributed by atoms with Crippen LogP contribution in [0.5, 0.6) is 0 Å². The van der Waals surface area contributed by atoms with Crippen molar-refractivity contribution < 1.29 is 9.90 Å². The molecule has 1 aromatic rings. The Kier molecular flexibility index (Phi) is 3.96. The summed E-state index contributed by atoms with van der Waals surface area (Å²) in [5, 5.41) is 17.2. The van der Waals surface area contributed by atoms with E-state index in [-0.39, 0.29) is 11.9 Å². The largest absolute Gasteiger partial charge is 0.387 e. The lowest BCUT2D eigenvalue weighted by Gasteiger charge is -2.29. The van der Waals surface area contributed by atoms with E-state index in [1.807, 2.05) is 11.8 Å². The lowest BCUT2D eigenvalue weighted by Crippen LogP contribution is -2.39. The van der Waals surface area contributed by atoms with Gasteiger partial charge < -0.3 is 10.0 Å². The summed E-state index contributed by atoms with van der Waals surface area (Å²) in [6.45, 7) is 5.12. The maximum Gasteiger partial charge on any atom is 0.247 e. The van der Waals surface area contributed by atoms with Gasteiger partial charge in [0, 0.05) is 13.1 Å².